The van der Waals surface area contributed by atoms with Crippen LogP contribution >= 0.6 is 0 Å². The fourth-order valence-electron chi connectivity index (χ4n) is 1.26. The molecule has 0 aliphatic carbocycles. The highest BCUT2D eigenvalue weighted by atomic mass is 16.5. The van der Waals surface area contributed by atoms with Crippen molar-refractivity contribution in [3.8, 4) is 5.75 Å². The number of ether oxygens (including phenoxy) is 1. The van der Waals surface area contributed by atoms with E-state index in [2.05, 4.69) is 13.0 Å². The van der Waals surface area contributed by atoms with Gasteiger partial charge in [-0.1, -0.05) is 12.1 Å². The molecule has 14 heavy (non-hydrogen) atoms. The first kappa shape index (κ1) is 11.1. The van der Waals surface area contributed by atoms with Gasteiger partial charge in [0.15, 0.2) is 0 Å². The van der Waals surface area contributed by atoms with Crippen LogP contribution in [0.5, 0.6) is 5.75 Å². The van der Waals surface area contributed by atoms with Gasteiger partial charge in [0.1, 0.15) is 11.4 Å². The number of hydrogen-bond donors (Lipinski definition) is 1. The van der Waals surface area contributed by atoms with Crippen molar-refractivity contribution in [1.29, 1.82) is 0 Å². The Morgan fingerprint density at radius 2 is 1.93 bits per heavy atom. The summed E-state index contributed by atoms with van der Waals surface area (Å²) in [6.07, 6.45) is 0. The summed E-state index contributed by atoms with van der Waals surface area (Å²) in [6.45, 7) is 8.68. The van der Waals surface area contributed by atoms with Crippen LogP contribution in [0.25, 0.3) is 0 Å². The number of aryl methyl sites for hydroxylation is 1. The average molecular weight is 193 g/mol. The Bertz CT molecular complexity index is 313. The maximum absolute atomic E-state index is 5.82. The molecule has 0 bridgehead atoms. The van der Waals surface area contributed by atoms with E-state index in [1.165, 1.54) is 5.56 Å². The van der Waals surface area contributed by atoms with Crippen molar-refractivity contribution in [3.63, 3.8) is 0 Å². The van der Waals surface area contributed by atoms with E-state index in [4.69, 9.17) is 10.5 Å². The van der Waals surface area contributed by atoms with E-state index in [9.17, 15) is 0 Å². The molecular weight excluding hydrogens is 174 g/mol. The molecule has 0 unspecified atom stereocenters. The second kappa shape index (κ2) is 4.01. The van der Waals surface area contributed by atoms with E-state index in [-0.39, 0.29) is 5.60 Å². The zero-order valence-electron chi connectivity index (χ0n) is 9.42. The third kappa shape index (κ3) is 3.04. The minimum atomic E-state index is -0.169. The molecule has 2 heteroatoms. The van der Waals surface area contributed by atoms with E-state index in [1.807, 2.05) is 32.9 Å². The van der Waals surface area contributed by atoms with Gasteiger partial charge >= 0.3 is 0 Å². The summed E-state index contributed by atoms with van der Waals surface area (Å²) in [5, 5.41) is 0. The summed E-state index contributed by atoms with van der Waals surface area (Å²) in [7, 11) is 0. The Labute approximate surface area is 86.1 Å². The Morgan fingerprint density at radius 1 is 1.29 bits per heavy atom. The Balaban J connectivity index is 2.99. The lowest BCUT2D eigenvalue weighted by molar-refractivity contribution is 0.129. The molecule has 0 spiro atoms. The van der Waals surface area contributed by atoms with Gasteiger partial charge in [0.2, 0.25) is 0 Å². The zero-order valence-corrected chi connectivity index (χ0v) is 9.42. The molecule has 2 N–H and O–H groups in total. The normalized spacial score (nSPS) is 11.5. The molecule has 0 amide bonds. The molecule has 1 aromatic rings. The minimum absolute atomic E-state index is 0.169. The number of hydrogen-bond acceptors (Lipinski definition) is 2. The largest absolute Gasteiger partial charge is 0.488 e. The molecule has 0 saturated heterocycles. The molecule has 0 aliphatic heterocycles. The topological polar surface area (TPSA) is 35.2 Å². The van der Waals surface area contributed by atoms with Gasteiger partial charge in [-0.2, -0.15) is 0 Å². The lowest BCUT2D eigenvalue weighted by atomic mass is 10.1. The molecule has 0 radical (unpaired) electrons. The Kier molecular flexibility index (Phi) is 3.17. The second-order valence-electron chi connectivity index (χ2n) is 4.53. The third-order valence-corrected chi connectivity index (χ3v) is 1.86. The lowest BCUT2D eigenvalue weighted by Gasteiger charge is -2.23. The van der Waals surface area contributed by atoms with Gasteiger partial charge in [-0.05, 0) is 39.3 Å². The van der Waals surface area contributed by atoms with E-state index in [0.717, 1.165) is 11.3 Å². The number of rotatable bonds is 2. The Morgan fingerprint density at radius 3 is 2.43 bits per heavy atom. The highest BCUT2D eigenvalue weighted by molar-refractivity contribution is 5.37. The first-order valence-corrected chi connectivity index (χ1v) is 4.91. The summed E-state index contributed by atoms with van der Waals surface area (Å²) >= 11 is 0. The molecule has 0 fully saturated rings. The van der Waals surface area contributed by atoms with Crippen molar-refractivity contribution < 1.29 is 4.74 Å². The van der Waals surface area contributed by atoms with E-state index < -0.39 is 0 Å². The predicted octanol–water partition coefficient (Wildman–Crippen LogP) is 2.63. The van der Waals surface area contributed by atoms with Gasteiger partial charge < -0.3 is 10.5 Å². The van der Waals surface area contributed by atoms with Crippen LogP contribution in [-0.4, -0.2) is 5.60 Å². The summed E-state index contributed by atoms with van der Waals surface area (Å²) in [5.41, 5.74) is 7.73. The van der Waals surface area contributed by atoms with Crippen LogP contribution in [0.2, 0.25) is 0 Å². The van der Waals surface area contributed by atoms with Crippen molar-refractivity contribution >= 4 is 0 Å². The van der Waals surface area contributed by atoms with Crippen molar-refractivity contribution in [1.82, 2.24) is 0 Å². The molecule has 0 aliphatic rings. The fraction of sp³-hybridized carbons (Fsp3) is 0.500. The molecule has 78 valence electrons. The van der Waals surface area contributed by atoms with Crippen molar-refractivity contribution in [2.24, 2.45) is 5.73 Å². The minimum Gasteiger partial charge on any atom is -0.488 e. The smallest absolute Gasteiger partial charge is 0.124 e. The van der Waals surface area contributed by atoms with Crippen LogP contribution in [0, 0.1) is 6.92 Å². The van der Waals surface area contributed by atoms with Gasteiger partial charge in [0, 0.05) is 12.1 Å². The van der Waals surface area contributed by atoms with Gasteiger partial charge in [-0.25, -0.2) is 0 Å². The van der Waals surface area contributed by atoms with Crippen molar-refractivity contribution in [2.75, 3.05) is 0 Å². The highest BCUT2D eigenvalue weighted by Crippen LogP contribution is 2.24. The quantitative estimate of drug-likeness (QED) is 0.783. The summed E-state index contributed by atoms with van der Waals surface area (Å²) in [6, 6.07) is 6.11. The van der Waals surface area contributed by atoms with Crippen LogP contribution < -0.4 is 10.5 Å². The average Bonchev–Trinajstić information content (AvgIpc) is 2.01. The van der Waals surface area contributed by atoms with Gasteiger partial charge in [0.05, 0.1) is 0 Å². The molecule has 0 atom stereocenters. The SMILES string of the molecule is Cc1ccc(CN)c(OC(C)(C)C)c1. The fourth-order valence-corrected chi connectivity index (χ4v) is 1.26. The van der Waals surface area contributed by atoms with Crippen LogP contribution in [-0.2, 0) is 6.54 Å². The molecule has 0 aromatic heterocycles. The van der Waals surface area contributed by atoms with Crippen molar-refractivity contribution in [2.45, 2.75) is 39.8 Å². The maximum atomic E-state index is 5.82. The Hall–Kier alpha value is -1.02. The van der Waals surface area contributed by atoms with Crippen LogP contribution in [0.3, 0.4) is 0 Å². The first-order valence-electron chi connectivity index (χ1n) is 4.91. The predicted molar refractivity (Wildman–Crippen MR) is 59.5 cm³/mol. The van der Waals surface area contributed by atoms with Gasteiger partial charge in [0.25, 0.3) is 0 Å². The summed E-state index contributed by atoms with van der Waals surface area (Å²) < 4.78 is 5.82. The zero-order chi connectivity index (χ0) is 10.8. The summed E-state index contributed by atoms with van der Waals surface area (Å²) in [4.78, 5) is 0. The van der Waals surface area contributed by atoms with E-state index in [1.54, 1.807) is 0 Å². The van der Waals surface area contributed by atoms with E-state index >= 15 is 0 Å². The molecule has 0 heterocycles. The third-order valence-electron chi connectivity index (χ3n) is 1.86. The van der Waals surface area contributed by atoms with Crippen LogP contribution in [0.1, 0.15) is 31.9 Å². The standard InChI is InChI=1S/C12H19NO/c1-9-5-6-10(8-13)11(7-9)14-12(2,3)4/h5-7H,8,13H2,1-4H3. The van der Waals surface area contributed by atoms with Crippen LogP contribution in [0.4, 0.5) is 0 Å². The molecule has 1 rings (SSSR count). The molecular formula is C12H19NO. The highest BCUT2D eigenvalue weighted by Gasteiger charge is 2.13. The lowest BCUT2D eigenvalue weighted by Crippen LogP contribution is -2.24. The van der Waals surface area contributed by atoms with Crippen molar-refractivity contribution in [3.05, 3.63) is 29.3 Å². The molecule has 1 aromatic carbocycles. The van der Waals surface area contributed by atoms with Gasteiger partial charge in [-0.3, -0.25) is 0 Å². The molecule has 2 nitrogen and oxygen atoms in total. The van der Waals surface area contributed by atoms with Gasteiger partial charge in [-0.15, -0.1) is 0 Å². The number of nitrogens with two attached hydrogens (primary N) is 1. The maximum Gasteiger partial charge on any atom is 0.124 e. The molecule has 0 saturated carbocycles. The monoisotopic (exact) mass is 193 g/mol. The summed E-state index contributed by atoms with van der Waals surface area (Å²) in [5.74, 6) is 0.903. The second-order valence-corrected chi connectivity index (χ2v) is 4.53. The first-order chi connectivity index (χ1) is 6.42. The number of benzene rings is 1. The van der Waals surface area contributed by atoms with Crippen LogP contribution in [0.15, 0.2) is 18.2 Å². The van der Waals surface area contributed by atoms with E-state index in [0.29, 0.717) is 6.54 Å².